The summed E-state index contributed by atoms with van der Waals surface area (Å²) in [6, 6.07) is 13.5. The molecule has 2 heterocycles. The Hall–Kier alpha value is -3.35. The normalized spacial score (nSPS) is 16.3. The maximum Gasteiger partial charge on any atom is 0.416 e. The number of aromatic nitrogens is 1. The molecule has 0 radical (unpaired) electrons. The van der Waals surface area contributed by atoms with E-state index in [1.807, 2.05) is 30.3 Å². The van der Waals surface area contributed by atoms with Crippen LogP contribution in [0.15, 0.2) is 54.7 Å². The van der Waals surface area contributed by atoms with Crippen LogP contribution in [0.4, 0.5) is 14.0 Å². The minimum absolute atomic E-state index is 0.0869. The summed E-state index contributed by atoms with van der Waals surface area (Å²) < 4.78 is 20.1. The van der Waals surface area contributed by atoms with E-state index in [0.29, 0.717) is 23.9 Å². The van der Waals surface area contributed by atoms with Crippen LogP contribution in [-0.2, 0) is 17.8 Å². The molecule has 1 N–H and O–H groups in total. The molecule has 7 heteroatoms. The molecule has 2 aromatic carbocycles. The number of fused-ring (bicyclic) bond motifs is 1. The number of hydrogen-bond donors (Lipinski definition) is 1. The molecule has 0 aliphatic carbocycles. The maximum atomic E-state index is 13.6. The monoisotopic (exact) mass is 396 g/mol. The molecule has 1 aromatic heterocycles. The number of hydrogen-bond acceptors (Lipinski definition) is 3. The molecule has 1 unspecified atom stereocenters. The van der Waals surface area contributed by atoms with Crippen LogP contribution in [0.1, 0.15) is 24.0 Å². The molecule has 1 saturated heterocycles. The van der Waals surface area contributed by atoms with E-state index in [-0.39, 0.29) is 18.7 Å². The second-order valence-corrected chi connectivity index (χ2v) is 7.20. The summed E-state index contributed by atoms with van der Waals surface area (Å²) in [5, 5.41) is 10.1. The highest BCUT2D eigenvalue weighted by Crippen LogP contribution is 2.28. The van der Waals surface area contributed by atoms with Gasteiger partial charge in [-0.3, -0.25) is 4.57 Å². The van der Waals surface area contributed by atoms with Crippen LogP contribution in [0.5, 0.6) is 0 Å². The van der Waals surface area contributed by atoms with Gasteiger partial charge in [0.05, 0.1) is 5.52 Å². The number of amides is 1. The van der Waals surface area contributed by atoms with Gasteiger partial charge < -0.3 is 14.7 Å². The first-order valence-corrected chi connectivity index (χ1v) is 9.53. The van der Waals surface area contributed by atoms with Crippen molar-refractivity contribution in [2.24, 2.45) is 0 Å². The standard InChI is InChI=1S/C22H21FN2O4/c23-17-8-9-19-16(13-25(21(26)27)20(19)12-17)11-18-7-4-10-24(18)22(28)29-14-15-5-2-1-3-6-15/h1-3,5-6,8-9,12-13,18H,4,7,10-11,14H2,(H,26,27). The van der Waals surface area contributed by atoms with E-state index in [2.05, 4.69) is 0 Å². The first-order chi connectivity index (χ1) is 14.0. The van der Waals surface area contributed by atoms with Crippen molar-refractivity contribution in [3.8, 4) is 0 Å². The van der Waals surface area contributed by atoms with Gasteiger partial charge in [0.2, 0.25) is 0 Å². The largest absolute Gasteiger partial charge is 0.464 e. The third kappa shape index (κ3) is 3.94. The topological polar surface area (TPSA) is 71.8 Å². The lowest BCUT2D eigenvalue weighted by Crippen LogP contribution is -2.37. The highest BCUT2D eigenvalue weighted by molar-refractivity contribution is 5.91. The summed E-state index contributed by atoms with van der Waals surface area (Å²) in [5.74, 6) is -0.489. The predicted molar refractivity (Wildman–Crippen MR) is 105 cm³/mol. The van der Waals surface area contributed by atoms with E-state index in [9.17, 15) is 19.1 Å². The molecule has 1 fully saturated rings. The average molecular weight is 396 g/mol. The lowest BCUT2D eigenvalue weighted by molar-refractivity contribution is 0.0921. The molecule has 0 saturated carbocycles. The zero-order valence-electron chi connectivity index (χ0n) is 15.8. The second-order valence-electron chi connectivity index (χ2n) is 7.20. The molecule has 1 aliphatic rings. The van der Waals surface area contributed by atoms with Gasteiger partial charge in [-0.05, 0) is 48.6 Å². The van der Waals surface area contributed by atoms with Crippen LogP contribution in [0.2, 0.25) is 0 Å². The number of carboxylic acid groups (broad SMARTS) is 1. The zero-order valence-corrected chi connectivity index (χ0v) is 15.8. The Balaban J connectivity index is 1.51. The van der Waals surface area contributed by atoms with Crippen molar-refractivity contribution < 1.29 is 23.8 Å². The highest BCUT2D eigenvalue weighted by atomic mass is 19.1. The van der Waals surface area contributed by atoms with Crippen molar-refractivity contribution >= 4 is 23.1 Å². The quantitative estimate of drug-likeness (QED) is 0.697. The summed E-state index contributed by atoms with van der Waals surface area (Å²) in [5.41, 5.74) is 2.00. The fourth-order valence-electron chi connectivity index (χ4n) is 3.94. The Morgan fingerprint density at radius 1 is 1.17 bits per heavy atom. The van der Waals surface area contributed by atoms with Crippen LogP contribution in [-0.4, -0.2) is 39.3 Å². The summed E-state index contributed by atoms with van der Waals surface area (Å²) in [6.07, 6.45) is 2.13. The number of rotatable bonds is 4. The van der Waals surface area contributed by atoms with Crippen molar-refractivity contribution in [1.29, 1.82) is 0 Å². The van der Waals surface area contributed by atoms with Crippen LogP contribution < -0.4 is 0 Å². The summed E-state index contributed by atoms with van der Waals surface area (Å²) in [4.78, 5) is 25.8. The minimum atomic E-state index is -1.17. The van der Waals surface area contributed by atoms with Gasteiger partial charge in [-0.15, -0.1) is 0 Å². The Morgan fingerprint density at radius 2 is 1.97 bits per heavy atom. The minimum Gasteiger partial charge on any atom is -0.464 e. The van der Waals surface area contributed by atoms with Gasteiger partial charge in [0, 0.05) is 24.2 Å². The Kier molecular flexibility index (Phi) is 5.20. The Bertz CT molecular complexity index is 1050. The van der Waals surface area contributed by atoms with Gasteiger partial charge in [0.1, 0.15) is 12.4 Å². The van der Waals surface area contributed by atoms with Crippen molar-refractivity contribution in [2.75, 3.05) is 6.54 Å². The fourth-order valence-corrected chi connectivity index (χ4v) is 3.94. The second kappa shape index (κ2) is 7.95. The van der Waals surface area contributed by atoms with Crippen LogP contribution >= 0.6 is 0 Å². The van der Waals surface area contributed by atoms with E-state index in [4.69, 9.17) is 4.74 Å². The number of ether oxygens (including phenoxy) is 1. The molecule has 0 spiro atoms. The number of benzene rings is 2. The van der Waals surface area contributed by atoms with E-state index in [1.54, 1.807) is 11.0 Å². The summed E-state index contributed by atoms with van der Waals surface area (Å²) in [6.45, 7) is 0.810. The van der Waals surface area contributed by atoms with E-state index >= 15 is 0 Å². The van der Waals surface area contributed by atoms with Crippen molar-refractivity contribution in [3.63, 3.8) is 0 Å². The van der Waals surface area contributed by atoms with E-state index < -0.39 is 11.9 Å². The first-order valence-electron chi connectivity index (χ1n) is 9.53. The van der Waals surface area contributed by atoms with Crippen molar-refractivity contribution in [3.05, 3.63) is 71.7 Å². The van der Waals surface area contributed by atoms with Gasteiger partial charge >= 0.3 is 12.2 Å². The SMILES string of the molecule is O=C(OCc1ccccc1)N1CCCC1Cc1cn(C(=O)O)c2cc(F)ccc12. The van der Waals surface area contributed by atoms with Crippen LogP contribution in [0, 0.1) is 5.82 Å². The third-order valence-electron chi connectivity index (χ3n) is 5.33. The van der Waals surface area contributed by atoms with E-state index in [0.717, 1.165) is 28.5 Å². The van der Waals surface area contributed by atoms with Crippen LogP contribution in [0.25, 0.3) is 10.9 Å². The Morgan fingerprint density at radius 3 is 2.72 bits per heavy atom. The molecule has 6 nitrogen and oxygen atoms in total. The van der Waals surface area contributed by atoms with Gasteiger partial charge in [-0.25, -0.2) is 14.0 Å². The number of likely N-dealkylation sites (tertiary alicyclic amines) is 1. The van der Waals surface area contributed by atoms with Crippen LogP contribution in [0.3, 0.4) is 0 Å². The molecule has 1 aliphatic heterocycles. The smallest absolute Gasteiger partial charge is 0.416 e. The lowest BCUT2D eigenvalue weighted by Gasteiger charge is -2.24. The molecular weight excluding hydrogens is 375 g/mol. The first kappa shape index (κ1) is 19.0. The lowest BCUT2D eigenvalue weighted by atomic mass is 10.0. The van der Waals surface area contributed by atoms with Gasteiger partial charge in [-0.1, -0.05) is 30.3 Å². The average Bonchev–Trinajstić information content (AvgIpc) is 3.32. The zero-order chi connectivity index (χ0) is 20.4. The van der Waals surface area contributed by atoms with Gasteiger partial charge in [-0.2, -0.15) is 0 Å². The highest BCUT2D eigenvalue weighted by Gasteiger charge is 2.31. The third-order valence-corrected chi connectivity index (χ3v) is 5.33. The van der Waals surface area contributed by atoms with Crippen molar-refractivity contribution in [1.82, 2.24) is 9.47 Å². The summed E-state index contributed by atoms with van der Waals surface area (Å²) >= 11 is 0. The molecule has 3 aromatic rings. The van der Waals surface area contributed by atoms with Crippen molar-refractivity contribution in [2.45, 2.75) is 31.9 Å². The number of carbonyl (C=O) groups is 2. The molecule has 1 amide bonds. The van der Waals surface area contributed by atoms with E-state index in [1.165, 1.54) is 18.3 Å². The number of nitrogens with zero attached hydrogens (tertiary/aromatic N) is 2. The molecule has 150 valence electrons. The molecule has 29 heavy (non-hydrogen) atoms. The molecular formula is C22H21FN2O4. The van der Waals surface area contributed by atoms with Gasteiger partial charge in [0.25, 0.3) is 0 Å². The number of carbonyl (C=O) groups excluding carboxylic acids is 1. The summed E-state index contributed by atoms with van der Waals surface area (Å²) in [7, 11) is 0. The fraction of sp³-hybridized carbons (Fsp3) is 0.273. The predicted octanol–water partition coefficient (Wildman–Crippen LogP) is 4.65. The molecule has 4 rings (SSSR count). The molecule has 0 bridgehead atoms. The Labute approximate surface area is 167 Å². The maximum absolute atomic E-state index is 13.6. The van der Waals surface area contributed by atoms with Gasteiger partial charge in [0.15, 0.2) is 0 Å². The number of halogens is 1. The molecule has 1 atom stereocenters.